The van der Waals surface area contributed by atoms with Gasteiger partial charge in [0.05, 0.1) is 5.69 Å². The first-order valence-corrected chi connectivity index (χ1v) is 7.78. The molecule has 1 aromatic rings. The van der Waals surface area contributed by atoms with Gasteiger partial charge in [0.2, 0.25) is 5.91 Å². The molecule has 1 saturated heterocycles. The predicted octanol–water partition coefficient (Wildman–Crippen LogP) is 0.127. The molecule has 0 spiro atoms. The molecule has 0 aromatic carbocycles. The minimum Gasteiger partial charge on any atom is -0.357 e. The third-order valence-corrected chi connectivity index (χ3v) is 4.61. The summed E-state index contributed by atoms with van der Waals surface area (Å²) in [6.07, 6.45) is 0. The number of aromatic nitrogens is 2. The smallest absolute Gasteiger partial charge is 0.268 e. The van der Waals surface area contributed by atoms with Crippen LogP contribution < -0.4 is 5.32 Å². The molecule has 1 atom stereocenters. The van der Waals surface area contributed by atoms with E-state index in [9.17, 15) is 9.59 Å². The molecule has 0 radical (unpaired) electrons. The summed E-state index contributed by atoms with van der Waals surface area (Å²) >= 11 is 1.08. The summed E-state index contributed by atoms with van der Waals surface area (Å²) in [4.78, 5) is 29.2. The van der Waals surface area contributed by atoms with Crippen LogP contribution in [0.15, 0.2) is 0 Å². The van der Waals surface area contributed by atoms with Crippen molar-refractivity contribution in [3.63, 3.8) is 0 Å². The number of hydrogen-bond donors (Lipinski definition) is 1. The summed E-state index contributed by atoms with van der Waals surface area (Å²) in [5.41, 5.74) is 0.618. The number of piperazine rings is 1. The predicted molar refractivity (Wildman–Crippen MR) is 80.2 cm³/mol. The summed E-state index contributed by atoms with van der Waals surface area (Å²) in [6, 6.07) is -0.124. The second-order valence-electron chi connectivity index (χ2n) is 5.40. The fourth-order valence-corrected chi connectivity index (χ4v) is 3.08. The number of carbonyl (C=O) groups excluding carboxylic acids is 2. The van der Waals surface area contributed by atoms with Crippen molar-refractivity contribution >= 4 is 23.3 Å². The van der Waals surface area contributed by atoms with E-state index >= 15 is 0 Å². The Morgan fingerprint density at radius 1 is 1.38 bits per heavy atom. The molecular weight excluding hydrogens is 290 g/mol. The van der Waals surface area contributed by atoms with Crippen molar-refractivity contribution in [2.24, 2.45) is 0 Å². The molecule has 8 heteroatoms. The van der Waals surface area contributed by atoms with Gasteiger partial charge in [-0.05, 0) is 32.3 Å². The highest BCUT2D eigenvalue weighted by Gasteiger charge is 2.37. The highest BCUT2D eigenvalue weighted by molar-refractivity contribution is 7.07. The molecular formula is C13H21N5O2S. The molecule has 21 heavy (non-hydrogen) atoms. The summed E-state index contributed by atoms with van der Waals surface area (Å²) in [7, 11) is 1.60. The van der Waals surface area contributed by atoms with E-state index in [0.29, 0.717) is 29.7 Å². The molecule has 0 saturated carbocycles. The maximum atomic E-state index is 12.6. The number of likely N-dealkylation sites (N-methyl/N-ethyl adjacent to an activating group) is 1. The Morgan fingerprint density at radius 3 is 2.62 bits per heavy atom. The minimum absolute atomic E-state index is 0.135. The maximum absolute atomic E-state index is 12.6. The Kier molecular flexibility index (Phi) is 4.89. The molecule has 1 aliphatic heterocycles. The lowest BCUT2D eigenvalue weighted by Crippen LogP contribution is -2.61. The molecule has 1 fully saturated rings. The van der Waals surface area contributed by atoms with Crippen LogP contribution in [0.5, 0.6) is 0 Å². The fourth-order valence-electron chi connectivity index (χ4n) is 2.47. The van der Waals surface area contributed by atoms with Gasteiger partial charge in [-0.3, -0.25) is 14.5 Å². The Labute approximate surface area is 128 Å². The normalized spacial score (nSPS) is 19.9. The van der Waals surface area contributed by atoms with Crippen molar-refractivity contribution in [2.75, 3.05) is 26.7 Å². The lowest BCUT2D eigenvalue weighted by molar-refractivity contribution is -0.127. The van der Waals surface area contributed by atoms with Gasteiger partial charge in [0.25, 0.3) is 5.91 Å². The van der Waals surface area contributed by atoms with Crippen LogP contribution in [0.1, 0.15) is 29.2 Å². The molecule has 1 unspecified atom stereocenters. The summed E-state index contributed by atoms with van der Waals surface area (Å²) in [6.45, 7) is 7.80. The summed E-state index contributed by atoms with van der Waals surface area (Å²) < 4.78 is 3.80. The SMILES string of the molecule is CNC(=O)C1CN(C(C)C)CCN1C(=O)c1snnc1C. The standard InChI is InChI=1S/C13H21N5O2S/c1-8(2)17-5-6-18(10(7-17)12(19)14-4)13(20)11-9(3)15-16-21-11/h8,10H,5-7H2,1-4H3,(H,14,19). The number of aryl methyl sites for hydroxylation is 1. The second-order valence-corrected chi connectivity index (χ2v) is 6.16. The molecule has 1 N–H and O–H groups in total. The lowest BCUT2D eigenvalue weighted by Gasteiger charge is -2.41. The molecule has 0 aliphatic carbocycles. The minimum atomic E-state index is -0.472. The zero-order valence-electron chi connectivity index (χ0n) is 12.8. The van der Waals surface area contributed by atoms with Crippen molar-refractivity contribution < 1.29 is 9.59 Å². The van der Waals surface area contributed by atoms with E-state index in [0.717, 1.165) is 18.1 Å². The highest BCUT2D eigenvalue weighted by Crippen LogP contribution is 2.19. The van der Waals surface area contributed by atoms with Crippen LogP contribution in [-0.2, 0) is 4.79 Å². The average molecular weight is 311 g/mol. The van der Waals surface area contributed by atoms with Crippen LogP contribution in [0.4, 0.5) is 0 Å². The van der Waals surface area contributed by atoms with E-state index < -0.39 is 6.04 Å². The van der Waals surface area contributed by atoms with Gasteiger partial charge in [0, 0.05) is 32.7 Å². The largest absolute Gasteiger partial charge is 0.357 e. The lowest BCUT2D eigenvalue weighted by atomic mass is 10.1. The molecule has 0 bridgehead atoms. The van der Waals surface area contributed by atoms with Crippen LogP contribution in [0.3, 0.4) is 0 Å². The van der Waals surface area contributed by atoms with Gasteiger partial charge in [-0.1, -0.05) is 4.49 Å². The fraction of sp³-hybridized carbons (Fsp3) is 0.692. The average Bonchev–Trinajstić information content (AvgIpc) is 2.91. The van der Waals surface area contributed by atoms with E-state index in [1.165, 1.54) is 0 Å². The maximum Gasteiger partial charge on any atom is 0.268 e. The van der Waals surface area contributed by atoms with Crippen molar-refractivity contribution in [1.82, 2.24) is 24.7 Å². The molecule has 2 rings (SSSR count). The first kappa shape index (κ1) is 15.8. The number of nitrogens with zero attached hydrogens (tertiary/aromatic N) is 4. The Hall–Kier alpha value is -1.54. The Balaban J connectivity index is 2.23. The number of nitrogens with one attached hydrogen (secondary N) is 1. The number of amides is 2. The molecule has 7 nitrogen and oxygen atoms in total. The van der Waals surface area contributed by atoms with E-state index in [1.54, 1.807) is 18.9 Å². The van der Waals surface area contributed by atoms with Crippen molar-refractivity contribution in [3.05, 3.63) is 10.6 Å². The Bertz CT molecular complexity index is 530. The topological polar surface area (TPSA) is 78.4 Å². The van der Waals surface area contributed by atoms with Gasteiger partial charge < -0.3 is 10.2 Å². The van der Waals surface area contributed by atoms with Gasteiger partial charge in [0.1, 0.15) is 10.9 Å². The summed E-state index contributed by atoms with van der Waals surface area (Å²) in [5, 5.41) is 6.53. The van der Waals surface area contributed by atoms with Crippen LogP contribution in [0, 0.1) is 6.92 Å². The monoisotopic (exact) mass is 311 g/mol. The summed E-state index contributed by atoms with van der Waals surface area (Å²) in [5.74, 6) is -0.289. The van der Waals surface area contributed by atoms with Crippen LogP contribution in [0.2, 0.25) is 0 Å². The van der Waals surface area contributed by atoms with E-state index in [2.05, 4.69) is 33.7 Å². The van der Waals surface area contributed by atoms with E-state index in [4.69, 9.17) is 0 Å². The van der Waals surface area contributed by atoms with Gasteiger partial charge in [-0.2, -0.15) is 0 Å². The van der Waals surface area contributed by atoms with Crippen molar-refractivity contribution in [2.45, 2.75) is 32.9 Å². The van der Waals surface area contributed by atoms with Crippen molar-refractivity contribution in [1.29, 1.82) is 0 Å². The van der Waals surface area contributed by atoms with Gasteiger partial charge in [-0.15, -0.1) is 5.10 Å². The van der Waals surface area contributed by atoms with E-state index in [-0.39, 0.29) is 11.8 Å². The first-order chi connectivity index (χ1) is 9.95. The first-order valence-electron chi connectivity index (χ1n) is 7.01. The van der Waals surface area contributed by atoms with Gasteiger partial charge >= 0.3 is 0 Å². The number of rotatable bonds is 3. The van der Waals surface area contributed by atoms with Gasteiger partial charge in [-0.25, -0.2) is 0 Å². The molecule has 2 amide bonds. The quantitative estimate of drug-likeness (QED) is 0.858. The zero-order chi connectivity index (χ0) is 15.6. The molecule has 2 heterocycles. The highest BCUT2D eigenvalue weighted by atomic mass is 32.1. The number of carbonyl (C=O) groups is 2. The van der Waals surface area contributed by atoms with Crippen LogP contribution in [-0.4, -0.2) is 70.0 Å². The van der Waals surface area contributed by atoms with Gasteiger partial charge in [0.15, 0.2) is 0 Å². The third-order valence-electron chi connectivity index (χ3n) is 3.80. The molecule has 1 aromatic heterocycles. The zero-order valence-corrected chi connectivity index (χ0v) is 13.6. The second kappa shape index (κ2) is 6.48. The van der Waals surface area contributed by atoms with Crippen LogP contribution >= 0.6 is 11.5 Å². The Morgan fingerprint density at radius 2 is 2.10 bits per heavy atom. The number of hydrogen-bond acceptors (Lipinski definition) is 6. The molecule has 116 valence electrons. The van der Waals surface area contributed by atoms with E-state index in [1.807, 2.05) is 0 Å². The van der Waals surface area contributed by atoms with Crippen LogP contribution in [0.25, 0.3) is 0 Å². The van der Waals surface area contributed by atoms with Crippen molar-refractivity contribution in [3.8, 4) is 0 Å². The third kappa shape index (κ3) is 3.21. The molecule has 1 aliphatic rings.